The van der Waals surface area contributed by atoms with Gasteiger partial charge < -0.3 is 39.9 Å². The van der Waals surface area contributed by atoms with Crippen LogP contribution in [0.15, 0.2) is 59.2 Å². The lowest BCUT2D eigenvalue weighted by molar-refractivity contribution is -0.140. The fraction of sp³-hybridized carbons (Fsp3) is 0.447. The quantitative estimate of drug-likeness (QED) is 0.0817. The first-order valence-electron chi connectivity index (χ1n) is 17.7. The van der Waals surface area contributed by atoms with Gasteiger partial charge in [0.05, 0.1) is 29.4 Å². The molecule has 2 atom stereocenters. The van der Waals surface area contributed by atoms with Crippen LogP contribution in [0.1, 0.15) is 30.4 Å². The van der Waals surface area contributed by atoms with Gasteiger partial charge in [0.1, 0.15) is 24.1 Å². The van der Waals surface area contributed by atoms with Crippen LogP contribution in [0.25, 0.3) is 22.0 Å². The van der Waals surface area contributed by atoms with Crippen molar-refractivity contribution in [3.63, 3.8) is 0 Å². The molecule has 2 heterocycles. The topological polar surface area (TPSA) is 162 Å². The van der Waals surface area contributed by atoms with Crippen molar-refractivity contribution in [1.29, 1.82) is 0 Å². The van der Waals surface area contributed by atoms with E-state index < -0.39 is 18.6 Å². The summed E-state index contributed by atoms with van der Waals surface area (Å²) in [7, 11) is 3.82. The summed E-state index contributed by atoms with van der Waals surface area (Å²) in [5.74, 6) is -0.919. The Morgan fingerprint density at radius 1 is 1.08 bits per heavy atom. The summed E-state index contributed by atoms with van der Waals surface area (Å²) in [4.78, 5) is 28.2. The van der Waals surface area contributed by atoms with Gasteiger partial charge in [0, 0.05) is 66.3 Å². The maximum atomic E-state index is 12.5. The van der Waals surface area contributed by atoms with Crippen molar-refractivity contribution in [2.45, 2.75) is 51.1 Å². The minimum absolute atomic E-state index is 0.00838. The van der Waals surface area contributed by atoms with Crippen LogP contribution in [0.4, 0.5) is 0 Å². The number of β-amino-alcohol motifs (C(OH)–C–C–N with tert-alkyl or cyclic N) is 1. The SMILES string of the molecule is CN(C)CCNC(=O)COc1cc(OCc2cccc(-c3cccc4c3cnn4CCCCN3CC[C@@H](O)C3)c2Br)c(Cl)cc1CN[C@@H](CO)C(=O)O. The van der Waals surface area contributed by atoms with Crippen molar-refractivity contribution in [1.82, 2.24) is 30.2 Å². The second kappa shape index (κ2) is 19.5. The second-order valence-corrected chi connectivity index (χ2v) is 14.6. The van der Waals surface area contributed by atoms with Gasteiger partial charge in [-0.2, -0.15) is 5.10 Å². The highest BCUT2D eigenvalue weighted by Crippen LogP contribution is 2.38. The Morgan fingerprint density at radius 2 is 1.85 bits per heavy atom. The number of aliphatic carboxylic acids is 1. The smallest absolute Gasteiger partial charge is 0.323 e. The molecule has 1 fully saturated rings. The number of likely N-dealkylation sites (N-methyl/N-ethyl adjacent to an activating group) is 1. The number of aromatic nitrogens is 2. The summed E-state index contributed by atoms with van der Waals surface area (Å²) in [5, 5.41) is 40.2. The minimum atomic E-state index is -1.20. The lowest BCUT2D eigenvalue weighted by Gasteiger charge is -2.18. The number of aryl methyl sites for hydroxylation is 1. The number of unbranched alkanes of at least 4 members (excludes halogenated alkanes) is 1. The minimum Gasteiger partial charge on any atom is -0.487 e. The highest BCUT2D eigenvalue weighted by molar-refractivity contribution is 9.10. The van der Waals surface area contributed by atoms with Crippen LogP contribution in [0.5, 0.6) is 11.5 Å². The van der Waals surface area contributed by atoms with Crippen LogP contribution in [-0.4, -0.2) is 119 Å². The first-order valence-corrected chi connectivity index (χ1v) is 18.9. The summed E-state index contributed by atoms with van der Waals surface area (Å²) in [6, 6.07) is 14.2. The fourth-order valence-corrected chi connectivity index (χ4v) is 7.05. The molecule has 4 aromatic rings. The number of fused-ring (bicyclic) bond motifs is 1. The summed E-state index contributed by atoms with van der Waals surface area (Å²) < 4.78 is 15.0. The number of halogens is 2. The molecule has 15 heteroatoms. The molecule has 0 radical (unpaired) electrons. The second-order valence-electron chi connectivity index (χ2n) is 13.4. The first-order chi connectivity index (χ1) is 25.5. The molecule has 0 unspecified atom stereocenters. The summed E-state index contributed by atoms with van der Waals surface area (Å²) >= 11 is 10.5. The predicted octanol–water partition coefficient (Wildman–Crippen LogP) is 4.14. The molecule has 1 aliphatic rings. The molecule has 0 spiro atoms. The average Bonchev–Trinajstić information content (AvgIpc) is 3.75. The molecule has 1 amide bonds. The van der Waals surface area contributed by atoms with E-state index in [0.29, 0.717) is 24.4 Å². The Balaban J connectivity index is 1.29. The third kappa shape index (κ3) is 11.1. The van der Waals surface area contributed by atoms with Crippen molar-refractivity contribution in [2.24, 2.45) is 0 Å². The van der Waals surface area contributed by atoms with E-state index in [-0.39, 0.29) is 42.5 Å². The molecule has 1 aromatic heterocycles. The van der Waals surface area contributed by atoms with Crippen LogP contribution in [0.3, 0.4) is 0 Å². The summed E-state index contributed by atoms with van der Waals surface area (Å²) in [6.45, 7) is 3.92. The zero-order chi connectivity index (χ0) is 37.9. The van der Waals surface area contributed by atoms with Crippen LogP contribution >= 0.6 is 27.5 Å². The fourth-order valence-electron chi connectivity index (χ4n) is 6.22. The Hall–Kier alpha value is -3.76. The van der Waals surface area contributed by atoms with E-state index in [1.807, 2.05) is 49.5 Å². The van der Waals surface area contributed by atoms with Gasteiger partial charge in [0.25, 0.3) is 5.91 Å². The molecule has 0 aliphatic carbocycles. The molecular weight excluding hydrogens is 768 g/mol. The first kappa shape index (κ1) is 40.4. The molecule has 1 aliphatic heterocycles. The Kier molecular flexibility index (Phi) is 14.9. The van der Waals surface area contributed by atoms with E-state index in [2.05, 4.69) is 48.3 Å². The van der Waals surface area contributed by atoms with Gasteiger partial charge in [-0.15, -0.1) is 0 Å². The number of nitrogens with one attached hydrogen (secondary N) is 2. The van der Waals surface area contributed by atoms with Crippen LogP contribution in [0.2, 0.25) is 5.02 Å². The molecular formula is C38H48BrClN6O7. The standard InChI is InChI=1S/C38H48BrClN6O7/c1-44(2)16-12-41-36(49)24-53-34-18-35(31(40)17-26(34)19-42-32(22-47)38(50)51)52-23-25-7-5-9-29(37(25)39)28-8-6-10-33-30(28)20-43-46(33)14-4-3-13-45-15-11-27(48)21-45/h5-10,17-18,20,27,32,42,47-48H,3-4,11-16,19,21-24H2,1-2H3,(H,41,49)(H,50,51)/t27-,32+/m1/s1. The van der Waals surface area contributed by atoms with E-state index >= 15 is 0 Å². The van der Waals surface area contributed by atoms with Crippen molar-refractivity contribution < 1.29 is 34.4 Å². The molecule has 5 rings (SSSR count). The number of hydrogen-bond acceptors (Lipinski definition) is 10. The van der Waals surface area contributed by atoms with E-state index in [9.17, 15) is 24.9 Å². The van der Waals surface area contributed by atoms with Gasteiger partial charge >= 0.3 is 5.97 Å². The zero-order valence-electron chi connectivity index (χ0n) is 30.1. The van der Waals surface area contributed by atoms with Crippen molar-refractivity contribution >= 4 is 50.3 Å². The van der Waals surface area contributed by atoms with Gasteiger partial charge in [0.15, 0.2) is 6.61 Å². The highest BCUT2D eigenvalue weighted by atomic mass is 79.9. The van der Waals surface area contributed by atoms with E-state index in [0.717, 1.165) is 77.5 Å². The van der Waals surface area contributed by atoms with E-state index in [1.54, 1.807) is 12.1 Å². The molecule has 286 valence electrons. The van der Waals surface area contributed by atoms with Gasteiger partial charge in [0.2, 0.25) is 0 Å². The maximum absolute atomic E-state index is 12.5. The third-order valence-corrected chi connectivity index (χ3v) is 10.4. The van der Waals surface area contributed by atoms with Crippen molar-refractivity contribution in [2.75, 3.05) is 60.0 Å². The Bertz CT molecular complexity index is 1860. The highest BCUT2D eigenvalue weighted by Gasteiger charge is 2.21. The van der Waals surface area contributed by atoms with Gasteiger partial charge in [-0.1, -0.05) is 41.9 Å². The van der Waals surface area contributed by atoms with Crippen LogP contribution < -0.4 is 20.1 Å². The number of carboxylic acid groups (broad SMARTS) is 1. The van der Waals surface area contributed by atoms with E-state index in [4.69, 9.17) is 26.2 Å². The van der Waals surface area contributed by atoms with E-state index in [1.165, 1.54) is 0 Å². The predicted molar refractivity (Wildman–Crippen MR) is 207 cm³/mol. The number of benzene rings is 3. The molecule has 5 N–H and O–H groups in total. The normalized spacial score (nSPS) is 15.3. The van der Waals surface area contributed by atoms with Gasteiger partial charge in [-0.3, -0.25) is 19.6 Å². The monoisotopic (exact) mass is 814 g/mol. The zero-order valence-corrected chi connectivity index (χ0v) is 32.4. The van der Waals surface area contributed by atoms with Crippen molar-refractivity contribution in [3.05, 3.63) is 75.4 Å². The molecule has 13 nitrogen and oxygen atoms in total. The lowest BCUT2D eigenvalue weighted by atomic mass is 10.00. The number of carboxylic acids is 1. The van der Waals surface area contributed by atoms with Crippen molar-refractivity contribution in [3.8, 4) is 22.6 Å². The molecule has 53 heavy (non-hydrogen) atoms. The van der Waals surface area contributed by atoms with Gasteiger partial charge in [-0.05, 0) is 79.1 Å². The number of amides is 1. The number of nitrogens with zero attached hydrogens (tertiary/aromatic N) is 4. The molecule has 1 saturated heterocycles. The number of carbonyl (C=O) groups excluding carboxylic acids is 1. The summed E-state index contributed by atoms with van der Waals surface area (Å²) in [6.07, 6.45) is 4.60. The number of aliphatic hydroxyl groups is 2. The third-order valence-electron chi connectivity index (χ3n) is 9.16. The van der Waals surface area contributed by atoms with Crippen LogP contribution in [0, 0.1) is 0 Å². The molecule has 0 bridgehead atoms. The Morgan fingerprint density at radius 3 is 2.58 bits per heavy atom. The number of rotatable bonds is 20. The average molecular weight is 816 g/mol. The van der Waals surface area contributed by atoms with Crippen LogP contribution in [-0.2, 0) is 29.3 Å². The largest absolute Gasteiger partial charge is 0.487 e. The molecule has 3 aromatic carbocycles. The number of aliphatic hydroxyl groups excluding tert-OH is 2. The number of likely N-dealkylation sites (tertiary alicyclic amines) is 1. The number of hydrogen-bond donors (Lipinski definition) is 5. The Labute approximate surface area is 322 Å². The molecule has 0 saturated carbocycles. The number of carbonyl (C=O) groups is 2. The van der Waals surface area contributed by atoms with Gasteiger partial charge in [-0.25, -0.2) is 0 Å². The maximum Gasteiger partial charge on any atom is 0.323 e. The lowest BCUT2D eigenvalue weighted by Crippen LogP contribution is -2.39. The number of ether oxygens (including phenoxy) is 2. The summed E-state index contributed by atoms with van der Waals surface area (Å²) in [5.41, 5.74) is 4.44.